The zero-order chi connectivity index (χ0) is 23.9. The summed E-state index contributed by atoms with van der Waals surface area (Å²) in [5, 5.41) is 7.09. The van der Waals surface area contributed by atoms with Crippen LogP contribution in [0.15, 0.2) is 48.5 Å². The second-order valence-corrected chi connectivity index (χ2v) is 9.25. The molecule has 2 N–H and O–H groups in total. The van der Waals surface area contributed by atoms with Crippen molar-refractivity contribution in [1.29, 1.82) is 0 Å². The van der Waals surface area contributed by atoms with Crippen LogP contribution >= 0.6 is 23.2 Å². The number of benzene rings is 2. The molecule has 1 unspecified atom stereocenters. The van der Waals surface area contributed by atoms with Crippen LogP contribution in [0.25, 0.3) is 0 Å². The van der Waals surface area contributed by atoms with Gasteiger partial charge in [-0.2, -0.15) is 0 Å². The fraction of sp³-hybridized carbons (Fsp3) is 0.417. The van der Waals surface area contributed by atoms with E-state index in [-0.39, 0.29) is 24.8 Å². The summed E-state index contributed by atoms with van der Waals surface area (Å²) in [6, 6.07) is 14.6. The predicted octanol–water partition coefficient (Wildman–Crippen LogP) is 3.75. The highest BCUT2D eigenvalue weighted by Gasteiger charge is 2.31. The van der Waals surface area contributed by atoms with E-state index in [1.165, 1.54) is 0 Å². The molecule has 2 heterocycles. The number of hydrogen-bond acceptors (Lipinski definition) is 5. The van der Waals surface area contributed by atoms with Gasteiger partial charge in [-0.3, -0.25) is 4.90 Å². The Balaban J connectivity index is 1.25. The lowest BCUT2D eigenvalue weighted by Crippen LogP contribution is -2.59. The molecule has 0 bridgehead atoms. The van der Waals surface area contributed by atoms with Gasteiger partial charge in [0, 0.05) is 58.0 Å². The van der Waals surface area contributed by atoms with Crippen molar-refractivity contribution in [3.63, 3.8) is 0 Å². The van der Waals surface area contributed by atoms with E-state index in [2.05, 4.69) is 15.5 Å². The molecular formula is C24H29Cl2N5O3. The minimum atomic E-state index is -0.282. The van der Waals surface area contributed by atoms with Gasteiger partial charge in [0.2, 0.25) is 0 Å². The van der Waals surface area contributed by atoms with Gasteiger partial charge in [0.25, 0.3) is 0 Å². The number of rotatable bonds is 5. The van der Waals surface area contributed by atoms with Gasteiger partial charge < -0.3 is 25.2 Å². The molecule has 0 radical (unpaired) electrons. The van der Waals surface area contributed by atoms with Gasteiger partial charge in [-0.25, -0.2) is 9.59 Å². The number of amides is 3. The van der Waals surface area contributed by atoms with Crippen LogP contribution in [-0.4, -0.2) is 85.2 Å². The highest BCUT2D eigenvalue weighted by Crippen LogP contribution is 2.25. The van der Waals surface area contributed by atoms with Crippen molar-refractivity contribution in [2.24, 2.45) is 0 Å². The van der Waals surface area contributed by atoms with Crippen molar-refractivity contribution in [1.82, 2.24) is 20.0 Å². The Morgan fingerprint density at radius 1 is 1.00 bits per heavy atom. The van der Waals surface area contributed by atoms with Gasteiger partial charge >= 0.3 is 12.1 Å². The predicted molar refractivity (Wildman–Crippen MR) is 133 cm³/mol. The number of halogens is 2. The fourth-order valence-corrected chi connectivity index (χ4v) is 4.47. The van der Waals surface area contributed by atoms with Gasteiger partial charge in [-0.05, 0) is 23.8 Å². The van der Waals surface area contributed by atoms with Crippen LogP contribution < -0.4 is 10.6 Å². The Morgan fingerprint density at radius 2 is 1.76 bits per heavy atom. The van der Waals surface area contributed by atoms with Crippen molar-refractivity contribution >= 4 is 41.0 Å². The Kier molecular flexibility index (Phi) is 8.50. The molecule has 182 valence electrons. The maximum atomic E-state index is 12.8. The molecule has 0 aromatic heterocycles. The van der Waals surface area contributed by atoms with Crippen LogP contribution in [-0.2, 0) is 11.3 Å². The van der Waals surface area contributed by atoms with Crippen LogP contribution in [0.1, 0.15) is 5.56 Å². The maximum absolute atomic E-state index is 12.8. The standard InChI is InChI=1S/C24H29Cl2N5O3/c25-21-7-6-19(14-22(21)26)28-23(32)30-12-10-29(11-13-30)16-20-15-27-8-9-31(20)24(33)34-17-18-4-2-1-3-5-18/h1-7,14,20,27H,8-13,15-17H2,(H,28,32). The van der Waals surface area contributed by atoms with E-state index in [4.69, 9.17) is 27.9 Å². The van der Waals surface area contributed by atoms with Gasteiger partial charge in [0.15, 0.2) is 0 Å². The van der Waals surface area contributed by atoms with Gasteiger partial charge in [0.1, 0.15) is 6.61 Å². The summed E-state index contributed by atoms with van der Waals surface area (Å²) in [4.78, 5) is 31.3. The smallest absolute Gasteiger partial charge is 0.410 e. The molecule has 8 nitrogen and oxygen atoms in total. The fourth-order valence-electron chi connectivity index (χ4n) is 4.17. The SMILES string of the molecule is O=C(Nc1ccc(Cl)c(Cl)c1)N1CCN(CC2CNCCN2C(=O)OCc2ccccc2)CC1. The summed E-state index contributed by atoms with van der Waals surface area (Å²) >= 11 is 12.0. The van der Waals surface area contributed by atoms with Crippen molar-refractivity contribution in [2.45, 2.75) is 12.6 Å². The van der Waals surface area contributed by atoms with Crippen molar-refractivity contribution < 1.29 is 14.3 Å². The molecule has 0 saturated carbocycles. The van der Waals surface area contributed by atoms with Crippen molar-refractivity contribution in [3.05, 3.63) is 64.1 Å². The highest BCUT2D eigenvalue weighted by molar-refractivity contribution is 6.42. The van der Waals surface area contributed by atoms with Crippen LogP contribution in [0.3, 0.4) is 0 Å². The molecule has 2 aromatic carbocycles. The summed E-state index contributed by atoms with van der Waals surface area (Å²) in [7, 11) is 0. The third-order valence-corrected chi connectivity index (χ3v) is 6.83. The zero-order valence-electron chi connectivity index (χ0n) is 18.9. The molecule has 10 heteroatoms. The van der Waals surface area contributed by atoms with Gasteiger partial charge in [-0.15, -0.1) is 0 Å². The van der Waals surface area contributed by atoms with Crippen molar-refractivity contribution in [2.75, 3.05) is 57.7 Å². The highest BCUT2D eigenvalue weighted by atomic mass is 35.5. The lowest BCUT2D eigenvalue weighted by atomic mass is 10.1. The molecule has 34 heavy (non-hydrogen) atoms. The maximum Gasteiger partial charge on any atom is 0.410 e. The average molecular weight is 506 g/mol. The van der Waals surface area contributed by atoms with E-state index in [1.54, 1.807) is 23.1 Å². The molecule has 4 rings (SSSR count). The largest absolute Gasteiger partial charge is 0.445 e. The molecule has 0 spiro atoms. The molecule has 0 aliphatic carbocycles. The lowest BCUT2D eigenvalue weighted by molar-refractivity contribution is 0.0547. The summed E-state index contributed by atoms with van der Waals surface area (Å²) in [6.07, 6.45) is -0.282. The monoisotopic (exact) mass is 505 g/mol. The first-order valence-electron chi connectivity index (χ1n) is 11.4. The van der Waals surface area contributed by atoms with E-state index >= 15 is 0 Å². The van der Waals surface area contributed by atoms with E-state index in [1.807, 2.05) is 35.2 Å². The second-order valence-electron chi connectivity index (χ2n) is 8.44. The van der Waals surface area contributed by atoms with Crippen LogP contribution in [0.4, 0.5) is 15.3 Å². The molecule has 2 aliphatic rings. The number of ether oxygens (including phenoxy) is 1. The number of nitrogens with one attached hydrogen (secondary N) is 2. The lowest BCUT2D eigenvalue weighted by Gasteiger charge is -2.41. The molecule has 2 saturated heterocycles. The summed E-state index contributed by atoms with van der Waals surface area (Å²) in [5.41, 5.74) is 1.58. The van der Waals surface area contributed by atoms with E-state index in [0.717, 1.165) is 38.3 Å². The number of carbonyl (C=O) groups excluding carboxylic acids is 2. The Hall–Kier alpha value is -2.52. The number of carbonyl (C=O) groups is 2. The molecule has 1 atom stereocenters. The Bertz CT molecular complexity index is 986. The molecule has 2 aromatic rings. The van der Waals surface area contributed by atoms with Crippen molar-refractivity contribution in [3.8, 4) is 0 Å². The number of hydrogen-bond donors (Lipinski definition) is 2. The normalized spacial score (nSPS) is 19.1. The number of anilines is 1. The van der Waals surface area contributed by atoms with Crippen LogP contribution in [0, 0.1) is 0 Å². The van der Waals surface area contributed by atoms with Crippen LogP contribution in [0.2, 0.25) is 10.0 Å². The van der Waals surface area contributed by atoms with Crippen LogP contribution in [0.5, 0.6) is 0 Å². The summed E-state index contributed by atoms with van der Waals surface area (Å²) in [5.74, 6) is 0. The first-order chi connectivity index (χ1) is 16.5. The summed E-state index contributed by atoms with van der Waals surface area (Å²) in [6.45, 7) is 5.76. The second kappa shape index (κ2) is 11.8. The van der Waals surface area contributed by atoms with E-state index < -0.39 is 0 Å². The first-order valence-corrected chi connectivity index (χ1v) is 12.2. The van der Waals surface area contributed by atoms with E-state index in [9.17, 15) is 9.59 Å². The quantitative estimate of drug-likeness (QED) is 0.646. The minimum Gasteiger partial charge on any atom is -0.445 e. The van der Waals surface area contributed by atoms with Gasteiger partial charge in [0.05, 0.1) is 16.1 Å². The molecule has 3 amide bonds. The van der Waals surface area contributed by atoms with Gasteiger partial charge in [-0.1, -0.05) is 53.5 Å². The first kappa shape index (κ1) is 24.6. The topological polar surface area (TPSA) is 77.2 Å². The minimum absolute atomic E-state index is 0.0219. The number of piperazine rings is 2. The number of urea groups is 1. The zero-order valence-corrected chi connectivity index (χ0v) is 20.4. The average Bonchev–Trinajstić information content (AvgIpc) is 2.86. The third-order valence-electron chi connectivity index (χ3n) is 6.09. The molecule has 2 aliphatic heterocycles. The Morgan fingerprint density at radius 3 is 2.50 bits per heavy atom. The Labute approximate surface area is 209 Å². The molecule has 2 fully saturated rings. The number of nitrogens with zero attached hydrogens (tertiary/aromatic N) is 3. The third kappa shape index (κ3) is 6.54. The summed E-state index contributed by atoms with van der Waals surface area (Å²) < 4.78 is 5.57. The molecular weight excluding hydrogens is 477 g/mol. The van der Waals surface area contributed by atoms with E-state index in [0.29, 0.717) is 35.4 Å².